The van der Waals surface area contributed by atoms with Gasteiger partial charge in [0.15, 0.2) is 11.6 Å². The van der Waals surface area contributed by atoms with Gasteiger partial charge in [-0.15, -0.1) is 0 Å². The van der Waals surface area contributed by atoms with Crippen LogP contribution in [0, 0.1) is 18.7 Å². The van der Waals surface area contributed by atoms with Crippen LogP contribution in [0.15, 0.2) is 30.6 Å². The van der Waals surface area contributed by atoms with Crippen LogP contribution in [0.2, 0.25) is 5.02 Å². The molecule has 0 unspecified atom stereocenters. The number of carbonyl (C=O) groups excluding carboxylic acids is 1. The molecule has 36 heavy (non-hydrogen) atoms. The van der Waals surface area contributed by atoms with Crippen LogP contribution in [0.25, 0.3) is 11.0 Å². The van der Waals surface area contributed by atoms with E-state index in [1.165, 1.54) is 25.9 Å². The molecule has 0 atom stereocenters. The molecule has 0 radical (unpaired) electrons. The molecule has 0 amide bonds. The summed E-state index contributed by atoms with van der Waals surface area (Å²) in [5, 5.41) is 0.643. The average molecular weight is 512 g/mol. The van der Waals surface area contributed by atoms with Crippen molar-refractivity contribution in [2.75, 3.05) is 32.8 Å². The fourth-order valence-corrected chi connectivity index (χ4v) is 5.40. The number of benzene rings is 2. The van der Waals surface area contributed by atoms with Gasteiger partial charge in [0.25, 0.3) is 0 Å². The van der Waals surface area contributed by atoms with Gasteiger partial charge in [-0.2, -0.15) is 0 Å². The van der Waals surface area contributed by atoms with E-state index in [9.17, 15) is 4.79 Å². The van der Waals surface area contributed by atoms with Gasteiger partial charge in [0.2, 0.25) is 0 Å². The molecule has 1 aromatic heterocycles. The van der Waals surface area contributed by atoms with E-state index in [0.29, 0.717) is 52.7 Å². The van der Waals surface area contributed by atoms with Gasteiger partial charge >= 0.3 is 0 Å². The van der Waals surface area contributed by atoms with Crippen molar-refractivity contribution in [2.24, 2.45) is 5.92 Å². The lowest BCUT2D eigenvalue weighted by molar-refractivity contribution is 0.0738. The van der Waals surface area contributed by atoms with Crippen LogP contribution in [-0.2, 0) is 17.7 Å². The molecule has 2 heterocycles. The van der Waals surface area contributed by atoms with Crippen molar-refractivity contribution < 1.29 is 13.9 Å². The molecule has 0 spiro atoms. The number of carbonyl (C=O) groups is 1. The minimum absolute atomic E-state index is 0.0365. The Hall–Kier alpha value is -2.28. The number of hydrogen-bond donors (Lipinski definition) is 0. The number of likely N-dealkylation sites (tertiary alicyclic amines) is 1. The molecule has 1 aliphatic carbocycles. The molecule has 1 saturated heterocycles. The van der Waals surface area contributed by atoms with E-state index >= 15 is 4.39 Å². The highest BCUT2D eigenvalue weighted by Crippen LogP contribution is 2.30. The summed E-state index contributed by atoms with van der Waals surface area (Å²) in [6.45, 7) is 6.70. The molecule has 1 saturated carbocycles. The van der Waals surface area contributed by atoms with Crippen LogP contribution >= 0.6 is 11.6 Å². The largest absolute Gasteiger partial charge is 0.373 e. The lowest BCUT2D eigenvalue weighted by Gasteiger charge is -2.15. The van der Waals surface area contributed by atoms with Crippen molar-refractivity contribution >= 4 is 28.4 Å². The molecule has 5 rings (SSSR count). The highest BCUT2D eigenvalue weighted by atomic mass is 35.5. The van der Waals surface area contributed by atoms with Crippen LogP contribution in [0.5, 0.6) is 0 Å². The van der Waals surface area contributed by atoms with Crippen LogP contribution in [0.1, 0.15) is 65.6 Å². The molecule has 7 heteroatoms. The van der Waals surface area contributed by atoms with E-state index in [0.717, 1.165) is 43.4 Å². The predicted molar refractivity (Wildman–Crippen MR) is 141 cm³/mol. The number of aryl methyl sites for hydroxylation is 2. The summed E-state index contributed by atoms with van der Waals surface area (Å²) in [6, 6.07) is 7.35. The average Bonchev–Trinajstić information content (AvgIpc) is 3.35. The van der Waals surface area contributed by atoms with Crippen molar-refractivity contribution in [3.05, 3.63) is 63.7 Å². The first-order valence-corrected chi connectivity index (χ1v) is 13.6. The maximum absolute atomic E-state index is 16.2. The highest BCUT2D eigenvalue weighted by molar-refractivity contribution is 6.30. The molecular weight excluding hydrogens is 477 g/mol. The zero-order chi connectivity index (χ0) is 25.1. The Morgan fingerprint density at radius 3 is 2.69 bits per heavy atom. The molecule has 192 valence electrons. The lowest BCUT2D eigenvalue weighted by atomic mass is 9.94. The van der Waals surface area contributed by atoms with Crippen molar-refractivity contribution in [3.8, 4) is 0 Å². The minimum Gasteiger partial charge on any atom is -0.373 e. The summed E-state index contributed by atoms with van der Waals surface area (Å²) >= 11 is 6.15. The molecule has 1 aliphatic heterocycles. The van der Waals surface area contributed by atoms with Gasteiger partial charge < -0.3 is 14.2 Å². The first-order chi connectivity index (χ1) is 17.5. The third-order valence-corrected chi connectivity index (χ3v) is 7.76. The van der Waals surface area contributed by atoms with E-state index in [2.05, 4.69) is 9.88 Å². The minimum atomic E-state index is -0.357. The van der Waals surface area contributed by atoms with Gasteiger partial charge in [0.1, 0.15) is 12.1 Å². The van der Waals surface area contributed by atoms with Gasteiger partial charge in [0.05, 0.1) is 18.5 Å². The summed E-state index contributed by atoms with van der Waals surface area (Å²) in [4.78, 5) is 20.2. The molecule has 3 aromatic rings. The van der Waals surface area contributed by atoms with E-state index in [-0.39, 0.29) is 18.2 Å². The maximum Gasteiger partial charge on any atom is 0.188 e. The van der Waals surface area contributed by atoms with E-state index in [1.54, 1.807) is 12.4 Å². The number of unbranched alkanes of at least 4 members (excludes halogenated alkanes) is 1. The second kappa shape index (κ2) is 11.4. The van der Waals surface area contributed by atoms with Gasteiger partial charge in [-0.3, -0.25) is 4.79 Å². The van der Waals surface area contributed by atoms with Crippen molar-refractivity contribution in [1.29, 1.82) is 0 Å². The Labute approximate surface area is 217 Å². The van der Waals surface area contributed by atoms with Gasteiger partial charge in [-0.05, 0) is 100 Å². The molecule has 2 aromatic carbocycles. The maximum atomic E-state index is 16.2. The number of ether oxygens (including phenoxy) is 1. The van der Waals surface area contributed by atoms with Gasteiger partial charge in [-0.25, -0.2) is 9.37 Å². The molecule has 2 aliphatic rings. The van der Waals surface area contributed by atoms with Crippen LogP contribution in [0.4, 0.5) is 4.39 Å². The van der Waals surface area contributed by atoms with E-state index in [1.807, 2.05) is 29.7 Å². The molecule has 5 nitrogen and oxygen atoms in total. The van der Waals surface area contributed by atoms with E-state index < -0.39 is 0 Å². The fraction of sp³-hybridized carbons (Fsp3) is 0.517. The number of rotatable bonds is 12. The summed E-state index contributed by atoms with van der Waals surface area (Å²) in [5.41, 5.74) is 3.70. The molecule has 2 fully saturated rings. The standard InChI is InChI=1S/C29H35ClFN3O2/c1-20-14-23(30)9-8-22(20)15-25-24(27(35)18-36-17-21-6-7-21)16-26-29(28(25)31)34(19-32-26)13-5-4-12-33-10-2-3-11-33/h8-9,14,16,19,21H,2-7,10-13,15,17-18H2,1H3. The number of ketones is 1. The Kier molecular flexibility index (Phi) is 8.04. The smallest absolute Gasteiger partial charge is 0.188 e. The molecule has 0 N–H and O–H groups in total. The normalized spacial score (nSPS) is 16.3. The number of nitrogens with zero attached hydrogens (tertiary/aromatic N) is 3. The Bertz CT molecular complexity index is 1230. The van der Waals surface area contributed by atoms with Crippen LogP contribution in [0.3, 0.4) is 0 Å². The molecular formula is C29H35ClFN3O2. The highest BCUT2D eigenvalue weighted by Gasteiger charge is 2.25. The predicted octanol–water partition coefficient (Wildman–Crippen LogP) is 6.21. The lowest BCUT2D eigenvalue weighted by Crippen LogP contribution is -2.20. The monoisotopic (exact) mass is 511 g/mol. The van der Waals surface area contributed by atoms with Crippen molar-refractivity contribution in [3.63, 3.8) is 0 Å². The third-order valence-electron chi connectivity index (χ3n) is 7.52. The summed E-state index contributed by atoms with van der Waals surface area (Å²) in [6.07, 6.45) is 8.96. The van der Waals surface area contributed by atoms with Crippen LogP contribution < -0.4 is 0 Å². The third kappa shape index (κ3) is 5.99. The van der Waals surface area contributed by atoms with Gasteiger partial charge in [0, 0.05) is 29.1 Å². The zero-order valence-electron chi connectivity index (χ0n) is 21.1. The number of halogens is 2. The van der Waals surface area contributed by atoms with Crippen LogP contribution in [-0.4, -0.2) is 53.1 Å². The van der Waals surface area contributed by atoms with E-state index in [4.69, 9.17) is 16.3 Å². The number of hydrogen-bond acceptors (Lipinski definition) is 4. The van der Waals surface area contributed by atoms with Crippen molar-refractivity contribution in [2.45, 2.75) is 58.4 Å². The second-order valence-corrected chi connectivity index (χ2v) is 10.8. The number of aromatic nitrogens is 2. The second-order valence-electron chi connectivity index (χ2n) is 10.4. The summed E-state index contributed by atoms with van der Waals surface area (Å²) < 4.78 is 23.8. The first-order valence-electron chi connectivity index (χ1n) is 13.2. The zero-order valence-corrected chi connectivity index (χ0v) is 21.8. The Morgan fingerprint density at radius 2 is 1.94 bits per heavy atom. The Balaban J connectivity index is 1.40. The molecule has 0 bridgehead atoms. The summed E-state index contributed by atoms with van der Waals surface area (Å²) in [5.74, 6) is 0.0111. The first kappa shape index (κ1) is 25.4. The fourth-order valence-electron chi connectivity index (χ4n) is 5.17. The number of imidazole rings is 1. The van der Waals surface area contributed by atoms with Crippen molar-refractivity contribution in [1.82, 2.24) is 14.5 Å². The van der Waals surface area contributed by atoms with Gasteiger partial charge in [-0.1, -0.05) is 17.7 Å². The summed E-state index contributed by atoms with van der Waals surface area (Å²) in [7, 11) is 0. The topological polar surface area (TPSA) is 47.4 Å². The SMILES string of the molecule is Cc1cc(Cl)ccc1Cc1c(C(=O)COCC2CC2)cc2ncn(CCCCN3CCCC3)c2c1F. The Morgan fingerprint density at radius 1 is 1.17 bits per heavy atom. The quantitative estimate of drug-likeness (QED) is 0.214. The number of fused-ring (bicyclic) bond motifs is 1. The number of Topliss-reactive ketones (excluding diaryl/α,β-unsaturated/α-hetero) is 1.